The Hall–Kier alpha value is -1.13. The molecule has 2 rings (SSSR count). The number of hydrogen-bond acceptors (Lipinski definition) is 3. The molecule has 0 spiro atoms. The molecule has 0 aromatic heterocycles. The molecule has 0 heterocycles. The molecule has 0 radical (unpaired) electrons. The molecule has 1 aliphatic carbocycles. The summed E-state index contributed by atoms with van der Waals surface area (Å²) < 4.78 is 24.0. The molecule has 19 heavy (non-hydrogen) atoms. The van der Waals surface area contributed by atoms with Crippen LogP contribution in [-0.2, 0) is 11.2 Å². The summed E-state index contributed by atoms with van der Waals surface area (Å²) in [6.07, 6.45) is 3.83. The molecule has 1 N–H and O–H groups in total. The van der Waals surface area contributed by atoms with Gasteiger partial charge in [-0.2, -0.15) is 0 Å². The highest BCUT2D eigenvalue weighted by Crippen LogP contribution is 2.34. The molecule has 0 amide bonds. The highest BCUT2D eigenvalue weighted by atomic mass is 19.1. The topological polar surface area (TPSA) is 38.7 Å². The van der Waals surface area contributed by atoms with Crippen molar-refractivity contribution < 1.29 is 19.0 Å². The van der Waals surface area contributed by atoms with Gasteiger partial charge in [-0.1, -0.05) is 18.9 Å². The Balaban J connectivity index is 2.16. The molecular formula is C15H21FO3. The fraction of sp³-hybridized carbons (Fsp3) is 0.600. The zero-order valence-electron chi connectivity index (χ0n) is 11.5. The molecule has 1 saturated carbocycles. The summed E-state index contributed by atoms with van der Waals surface area (Å²) in [6, 6.07) is 4.82. The van der Waals surface area contributed by atoms with E-state index in [0.717, 1.165) is 24.8 Å². The third-order valence-corrected chi connectivity index (χ3v) is 3.94. The molecule has 2 unspecified atom stereocenters. The molecule has 106 valence electrons. The Morgan fingerprint density at radius 3 is 2.79 bits per heavy atom. The van der Waals surface area contributed by atoms with E-state index < -0.39 is 11.4 Å². The van der Waals surface area contributed by atoms with E-state index in [4.69, 9.17) is 9.47 Å². The standard InChI is InChI=1S/C15H21FO3/c1-18-13-7-6-11(9-12(13)16)10-15(17)8-4-3-5-14(15)19-2/h6-7,9,14,17H,3-5,8,10H2,1-2H3. The predicted molar refractivity (Wildman–Crippen MR) is 70.9 cm³/mol. The Morgan fingerprint density at radius 2 is 2.16 bits per heavy atom. The van der Waals surface area contributed by atoms with Crippen molar-refractivity contribution in [2.45, 2.75) is 43.8 Å². The lowest BCUT2D eigenvalue weighted by molar-refractivity contribution is -0.116. The fourth-order valence-electron chi connectivity index (χ4n) is 2.90. The van der Waals surface area contributed by atoms with Gasteiger partial charge in [0.05, 0.1) is 18.8 Å². The van der Waals surface area contributed by atoms with Gasteiger partial charge in [-0.3, -0.25) is 0 Å². The van der Waals surface area contributed by atoms with Gasteiger partial charge in [-0.05, 0) is 30.5 Å². The van der Waals surface area contributed by atoms with E-state index in [9.17, 15) is 9.50 Å². The number of ether oxygens (including phenoxy) is 2. The van der Waals surface area contributed by atoms with Crippen molar-refractivity contribution in [2.24, 2.45) is 0 Å². The Kier molecular flexibility index (Phi) is 4.42. The Bertz CT molecular complexity index is 435. The molecule has 2 atom stereocenters. The molecule has 0 aliphatic heterocycles. The minimum Gasteiger partial charge on any atom is -0.494 e. The SMILES string of the molecule is COc1ccc(CC2(O)CCCCC2OC)cc1F. The van der Waals surface area contributed by atoms with Gasteiger partial charge in [0, 0.05) is 13.5 Å². The normalized spacial score (nSPS) is 27.3. The van der Waals surface area contributed by atoms with Crippen molar-refractivity contribution in [3.63, 3.8) is 0 Å². The van der Waals surface area contributed by atoms with Crippen molar-refractivity contribution in [1.82, 2.24) is 0 Å². The van der Waals surface area contributed by atoms with Crippen LogP contribution in [0, 0.1) is 5.82 Å². The monoisotopic (exact) mass is 268 g/mol. The van der Waals surface area contributed by atoms with Crippen molar-refractivity contribution in [3.8, 4) is 5.75 Å². The lowest BCUT2D eigenvalue weighted by atomic mass is 9.78. The molecule has 0 bridgehead atoms. The predicted octanol–water partition coefficient (Wildman–Crippen LogP) is 2.70. The van der Waals surface area contributed by atoms with Crippen LogP contribution >= 0.6 is 0 Å². The van der Waals surface area contributed by atoms with Gasteiger partial charge < -0.3 is 14.6 Å². The average Bonchev–Trinajstić information content (AvgIpc) is 2.39. The first kappa shape index (κ1) is 14.3. The van der Waals surface area contributed by atoms with Gasteiger partial charge in [-0.15, -0.1) is 0 Å². The van der Waals surface area contributed by atoms with Gasteiger partial charge in [0.15, 0.2) is 11.6 Å². The second-order valence-electron chi connectivity index (χ2n) is 5.22. The van der Waals surface area contributed by atoms with Crippen molar-refractivity contribution in [2.75, 3.05) is 14.2 Å². The van der Waals surface area contributed by atoms with Crippen LogP contribution in [0.5, 0.6) is 5.75 Å². The maximum absolute atomic E-state index is 13.7. The van der Waals surface area contributed by atoms with E-state index in [0.29, 0.717) is 12.8 Å². The first-order valence-electron chi connectivity index (χ1n) is 6.66. The van der Waals surface area contributed by atoms with Gasteiger partial charge in [0.1, 0.15) is 0 Å². The highest BCUT2D eigenvalue weighted by Gasteiger charge is 2.39. The van der Waals surface area contributed by atoms with Gasteiger partial charge >= 0.3 is 0 Å². The van der Waals surface area contributed by atoms with E-state index in [1.54, 1.807) is 19.2 Å². The summed E-state index contributed by atoms with van der Waals surface area (Å²) in [4.78, 5) is 0. The van der Waals surface area contributed by atoms with Crippen LogP contribution in [0.1, 0.15) is 31.2 Å². The summed E-state index contributed by atoms with van der Waals surface area (Å²) in [5.41, 5.74) is -0.127. The summed E-state index contributed by atoms with van der Waals surface area (Å²) in [5, 5.41) is 10.7. The van der Waals surface area contributed by atoms with Crippen LogP contribution in [-0.4, -0.2) is 31.0 Å². The average molecular weight is 268 g/mol. The fourth-order valence-corrected chi connectivity index (χ4v) is 2.90. The zero-order valence-corrected chi connectivity index (χ0v) is 11.5. The molecule has 0 saturated heterocycles. The molecule has 3 nitrogen and oxygen atoms in total. The Labute approximate surface area is 113 Å². The van der Waals surface area contributed by atoms with Crippen LogP contribution in [0.15, 0.2) is 18.2 Å². The number of hydrogen-bond donors (Lipinski definition) is 1. The lowest BCUT2D eigenvalue weighted by Gasteiger charge is -2.39. The molecule has 1 aromatic carbocycles. The third-order valence-electron chi connectivity index (χ3n) is 3.94. The van der Waals surface area contributed by atoms with Crippen LogP contribution in [0.3, 0.4) is 0 Å². The van der Waals surface area contributed by atoms with Gasteiger partial charge in [-0.25, -0.2) is 4.39 Å². The number of rotatable bonds is 4. The zero-order chi connectivity index (χ0) is 13.9. The van der Waals surface area contributed by atoms with E-state index in [1.165, 1.54) is 13.2 Å². The van der Waals surface area contributed by atoms with E-state index in [2.05, 4.69) is 0 Å². The smallest absolute Gasteiger partial charge is 0.165 e. The molecule has 1 fully saturated rings. The number of methoxy groups -OCH3 is 2. The molecule has 1 aromatic rings. The number of aliphatic hydroxyl groups is 1. The minimum atomic E-state index is -0.895. The van der Waals surface area contributed by atoms with Crippen LogP contribution in [0.4, 0.5) is 4.39 Å². The van der Waals surface area contributed by atoms with Crippen molar-refractivity contribution in [1.29, 1.82) is 0 Å². The second-order valence-corrected chi connectivity index (χ2v) is 5.22. The van der Waals surface area contributed by atoms with Crippen LogP contribution in [0.2, 0.25) is 0 Å². The number of halogens is 1. The van der Waals surface area contributed by atoms with Crippen LogP contribution in [0.25, 0.3) is 0 Å². The highest BCUT2D eigenvalue weighted by molar-refractivity contribution is 5.30. The quantitative estimate of drug-likeness (QED) is 0.912. The number of benzene rings is 1. The van der Waals surface area contributed by atoms with Crippen molar-refractivity contribution in [3.05, 3.63) is 29.6 Å². The third kappa shape index (κ3) is 3.07. The molecule has 4 heteroatoms. The van der Waals surface area contributed by atoms with Gasteiger partial charge in [0.2, 0.25) is 0 Å². The van der Waals surface area contributed by atoms with Crippen LogP contribution < -0.4 is 4.74 Å². The maximum Gasteiger partial charge on any atom is 0.165 e. The first-order chi connectivity index (χ1) is 9.09. The largest absolute Gasteiger partial charge is 0.494 e. The maximum atomic E-state index is 13.7. The van der Waals surface area contributed by atoms with E-state index >= 15 is 0 Å². The van der Waals surface area contributed by atoms with Gasteiger partial charge in [0.25, 0.3) is 0 Å². The van der Waals surface area contributed by atoms with Crippen molar-refractivity contribution >= 4 is 0 Å². The summed E-state index contributed by atoms with van der Waals surface area (Å²) >= 11 is 0. The Morgan fingerprint density at radius 1 is 1.37 bits per heavy atom. The summed E-state index contributed by atoms with van der Waals surface area (Å²) in [7, 11) is 3.06. The summed E-state index contributed by atoms with van der Waals surface area (Å²) in [5.74, 6) is -0.170. The second kappa shape index (κ2) is 5.88. The molecular weight excluding hydrogens is 247 g/mol. The first-order valence-corrected chi connectivity index (χ1v) is 6.66. The lowest BCUT2D eigenvalue weighted by Crippen LogP contribution is -2.47. The van der Waals surface area contributed by atoms with E-state index in [1.807, 2.05) is 0 Å². The van der Waals surface area contributed by atoms with E-state index in [-0.39, 0.29) is 11.9 Å². The summed E-state index contributed by atoms with van der Waals surface area (Å²) in [6.45, 7) is 0. The minimum absolute atomic E-state index is 0.175. The molecule has 1 aliphatic rings.